The zero-order valence-corrected chi connectivity index (χ0v) is 50.5. The van der Waals surface area contributed by atoms with Crippen LogP contribution in [0.25, 0.3) is 10.2 Å². The van der Waals surface area contributed by atoms with Crippen molar-refractivity contribution in [2.24, 2.45) is 28.8 Å². The van der Waals surface area contributed by atoms with Crippen molar-refractivity contribution in [3.63, 3.8) is 0 Å². The van der Waals surface area contributed by atoms with Gasteiger partial charge in [0.15, 0.2) is 0 Å². The van der Waals surface area contributed by atoms with Gasteiger partial charge in [0.05, 0.1) is 73.1 Å². The van der Waals surface area contributed by atoms with E-state index in [0.29, 0.717) is 125 Å². The Labute approximate surface area is 509 Å². The van der Waals surface area contributed by atoms with E-state index < -0.39 is 17.9 Å². The molecule has 2 aliphatic rings. The number of nitrogens with zero attached hydrogens (tertiary/aromatic N) is 3. The molecule has 0 radical (unpaired) electrons. The minimum atomic E-state index is -0.422. The summed E-state index contributed by atoms with van der Waals surface area (Å²) < 4.78 is 46.3. The molecule has 0 amide bonds. The Hall–Kier alpha value is -7.86. The molecule has 2 aliphatic carbocycles. The number of aromatic nitrogens is 1. The van der Waals surface area contributed by atoms with Crippen LogP contribution in [-0.2, 0) is 49.4 Å². The van der Waals surface area contributed by atoms with Gasteiger partial charge in [0.1, 0.15) is 28.7 Å². The predicted octanol–water partition coefficient (Wildman–Crippen LogP) is 13.9. The van der Waals surface area contributed by atoms with Crippen LogP contribution in [0.1, 0.15) is 146 Å². The standard InChI is InChI=1S/C68H83N3O14S/c1-4-7-8-15-41-71(68-70-59-20-13-14-21-61(59)86-68)69-48-54-47-49(40-46-82-64(74)50-23-25-51(26-24-50)65(75)83-57-35-31-55(32-36-57)78-42-16-9-11-18-44-80-62(72)5-2)22-39-60(54)85-67(77)53-29-27-52(28-30-53)66(76)84-58-37-33-56(34-38-58)79-43-17-10-12-19-45-81-63(73)6-3/h5-6,13-14,20-22,31-39,47-48,50-53H,2-4,7-12,15-19,23-30,40-46H2,1H3/b69-48+. The van der Waals surface area contributed by atoms with Gasteiger partial charge >= 0.3 is 35.8 Å². The number of ether oxygens (including phenoxy) is 8. The number of unbranched alkanes of at least 4 members (excludes halogenated alkanes) is 9. The van der Waals surface area contributed by atoms with Gasteiger partial charge in [-0.05, 0) is 188 Å². The van der Waals surface area contributed by atoms with E-state index in [1.807, 2.05) is 41.4 Å². The lowest BCUT2D eigenvalue weighted by atomic mass is 9.82. The van der Waals surface area contributed by atoms with E-state index in [9.17, 15) is 28.8 Å². The Kier molecular flexibility index (Phi) is 27.6. The molecule has 1 aromatic heterocycles. The molecular weight excluding hydrogens is 1110 g/mol. The van der Waals surface area contributed by atoms with Gasteiger partial charge in [-0.1, -0.05) is 68.9 Å². The molecule has 0 saturated heterocycles. The highest BCUT2D eigenvalue weighted by molar-refractivity contribution is 7.22. The first-order valence-electron chi connectivity index (χ1n) is 30.6. The average molecular weight is 1200 g/mol. The molecule has 17 nitrogen and oxygen atoms in total. The third-order valence-corrected chi connectivity index (χ3v) is 16.3. The van der Waals surface area contributed by atoms with Gasteiger partial charge in [-0.15, -0.1) is 0 Å². The number of esters is 6. The van der Waals surface area contributed by atoms with Gasteiger partial charge in [0, 0.05) is 30.7 Å². The van der Waals surface area contributed by atoms with Crippen molar-refractivity contribution in [2.75, 3.05) is 44.6 Å². The number of thiazole rings is 1. The van der Waals surface area contributed by atoms with Crippen molar-refractivity contribution in [3.05, 3.63) is 127 Å². The van der Waals surface area contributed by atoms with Crippen molar-refractivity contribution in [3.8, 4) is 28.7 Å². The minimum Gasteiger partial charge on any atom is -0.494 e. The Morgan fingerprint density at radius 2 is 1.01 bits per heavy atom. The second-order valence-corrected chi connectivity index (χ2v) is 22.8. The number of para-hydroxylation sites is 1. The molecule has 0 spiro atoms. The Bertz CT molecular complexity index is 2960. The summed E-state index contributed by atoms with van der Waals surface area (Å²) in [6, 6.07) is 27.5. The predicted molar refractivity (Wildman–Crippen MR) is 331 cm³/mol. The van der Waals surface area contributed by atoms with Crippen molar-refractivity contribution in [1.29, 1.82) is 0 Å². The highest BCUT2D eigenvalue weighted by Gasteiger charge is 2.34. The Morgan fingerprint density at radius 3 is 1.52 bits per heavy atom. The van der Waals surface area contributed by atoms with Crippen molar-refractivity contribution >= 4 is 68.7 Å². The van der Waals surface area contributed by atoms with Crippen LogP contribution in [0.3, 0.4) is 0 Å². The minimum absolute atomic E-state index is 0.132. The fourth-order valence-electron chi connectivity index (χ4n) is 10.2. The smallest absolute Gasteiger partial charge is 0.330 e. The first kappa shape index (κ1) is 65.7. The molecule has 2 saturated carbocycles. The normalized spacial score (nSPS) is 16.6. The van der Waals surface area contributed by atoms with E-state index in [2.05, 4.69) is 20.1 Å². The SMILES string of the molecule is C=CC(=O)OCCCCCCOc1ccc(OC(=O)C2CCC(C(=O)OCCc3ccc(OC(=O)C4CCC(C(=O)Oc5ccc(OCCCCCCOC(=O)C=C)cc5)CC4)c(/C=N/N(CCCCCC)c4nc5ccccc5s4)c3)CC2)cc1. The number of fused-ring (bicyclic) bond motifs is 1. The number of rotatable bonds is 36. The van der Waals surface area contributed by atoms with Crippen molar-refractivity contribution < 1.29 is 66.7 Å². The first-order chi connectivity index (χ1) is 42.0. The molecule has 0 bridgehead atoms. The third kappa shape index (κ3) is 22.2. The largest absolute Gasteiger partial charge is 0.494 e. The number of hydrogen-bond donors (Lipinski definition) is 0. The third-order valence-electron chi connectivity index (χ3n) is 15.3. The molecule has 5 aromatic rings. The van der Waals surface area contributed by atoms with Crippen molar-refractivity contribution in [1.82, 2.24) is 4.98 Å². The molecule has 18 heteroatoms. The molecule has 0 N–H and O–H groups in total. The Balaban J connectivity index is 0.883. The van der Waals surface area contributed by atoms with E-state index in [1.54, 1.807) is 72.1 Å². The fraction of sp³-hybridized carbons (Fsp3) is 0.471. The quantitative estimate of drug-likeness (QED) is 0.00695. The second-order valence-electron chi connectivity index (χ2n) is 21.8. The number of hydrogen-bond acceptors (Lipinski definition) is 18. The zero-order valence-electron chi connectivity index (χ0n) is 49.7. The molecule has 0 atom stereocenters. The molecule has 7 rings (SSSR count). The number of hydrazone groups is 1. The maximum absolute atomic E-state index is 14.0. The molecule has 4 aromatic carbocycles. The fourth-order valence-corrected chi connectivity index (χ4v) is 11.2. The molecule has 86 heavy (non-hydrogen) atoms. The van der Waals surface area contributed by atoms with E-state index >= 15 is 0 Å². The molecule has 2 fully saturated rings. The van der Waals surface area contributed by atoms with E-state index in [1.165, 1.54) is 0 Å². The second kappa shape index (κ2) is 36.2. The van der Waals surface area contributed by atoms with Gasteiger partial charge in [0.2, 0.25) is 5.13 Å². The van der Waals surface area contributed by atoms with Crippen LogP contribution in [0, 0.1) is 23.7 Å². The van der Waals surface area contributed by atoms with E-state index in [-0.39, 0.29) is 48.2 Å². The monoisotopic (exact) mass is 1200 g/mol. The molecule has 460 valence electrons. The van der Waals surface area contributed by atoms with Crippen LogP contribution >= 0.6 is 11.3 Å². The van der Waals surface area contributed by atoms with Crippen molar-refractivity contribution in [2.45, 2.75) is 142 Å². The molecule has 0 unspecified atom stereocenters. The maximum Gasteiger partial charge on any atom is 0.330 e. The average Bonchev–Trinajstić information content (AvgIpc) is 4.14. The van der Waals surface area contributed by atoms with Crippen LogP contribution in [0.15, 0.2) is 121 Å². The number of carbonyl (C=O) groups is 6. The lowest BCUT2D eigenvalue weighted by molar-refractivity contribution is -0.152. The molecular formula is C68H83N3O14S. The molecule has 0 aliphatic heterocycles. The summed E-state index contributed by atoms with van der Waals surface area (Å²) in [5.41, 5.74) is 2.32. The number of anilines is 1. The maximum atomic E-state index is 14.0. The zero-order chi connectivity index (χ0) is 60.7. The topological polar surface area (TPSA) is 205 Å². The molecule has 1 heterocycles. The van der Waals surface area contributed by atoms with E-state index in [4.69, 9.17) is 48.0 Å². The van der Waals surface area contributed by atoms with Gasteiger partial charge in [0.25, 0.3) is 0 Å². The summed E-state index contributed by atoms with van der Waals surface area (Å²) in [6.07, 6.45) is 19.5. The van der Waals surface area contributed by atoms with Crippen LogP contribution in [0.2, 0.25) is 0 Å². The lowest BCUT2D eigenvalue weighted by Crippen LogP contribution is -2.30. The highest BCUT2D eigenvalue weighted by atomic mass is 32.1. The lowest BCUT2D eigenvalue weighted by Gasteiger charge is -2.26. The van der Waals surface area contributed by atoms with Crippen LogP contribution < -0.4 is 28.7 Å². The van der Waals surface area contributed by atoms with Crippen LogP contribution in [-0.4, -0.2) is 86.6 Å². The Morgan fingerprint density at radius 1 is 0.535 bits per heavy atom. The summed E-state index contributed by atoms with van der Waals surface area (Å²) in [6.45, 7) is 11.6. The summed E-state index contributed by atoms with van der Waals surface area (Å²) >= 11 is 1.57. The van der Waals surface area contributed by atoms with Gasteiger partial charge in [-0.3, -0.25) is 19.2 Å². The number of benzene rings is 4. The van der Waals surface area contributed by atoms with Crippen LogP contribution in [0.5, 0.6) is 28.7 Å². The van der Waals surface area contributed by atoms with Gasteiger partial charge in [-0.2, -0.15) is 5.10 Å². The first-order valence-corrected chi connectivity index (χ1v) is 31.5. The summed E-state index contributed by atoms with van der Waals surface area (Å²) in [7, 11) is 0. The number of carbonyl (C=O) groups excluding carboxylic acids is 6. The highest BCUT2D eigenvalue weighted by Crippen LogP contribution is 2.35. The van der Waals surface area contributed by atoms with Crippen LogP contribution in [0.4, 0.5) is 5.13 Å². The summed E-state index contributed by atoms with van der Waals surface area (Å²) in [5.74, 6) is -1.06. The van der Waals surface area contributed by atoms with Gasteiger partial charge < -0.3 is 37.9 Å². The van der Waals surface area contributed by atoms with E-state index in [0.717, 1.165) is 110 Å². The summed E-state index contributed by atoms with van der Waals surface area (Å²) in [4.78, 5) is 81.1. The summed E-state index contributed by atoms with van der Waals surface area (Å²) in [5, 5.41) is 7.65. The van der Waals surface area contributed by atoms with Gasteiger partial charge in [-0.25, -0.2) is 19.6 Å².